The fourth-order valence-corrected chi connectivity index (χ4v) is 19.2. The number of para-hydroxylation sites is 8. The van der Waals surface area contributed by atoms with E-state index in [0.29, 0.717) is 164 Å². The van der Waals surface area contributed by atoms with Gasteiger partial charge in [-0.3, -0.25) is 38.4 Å². The smallest absolute Gasteiger partial charge is 0.415 e. The van der Waals surface area contributed by atoms with E-state index in [0.717, 1.165) is 44.4 Å². The number of benzene rings is 15. The zero-order valence-electron chi connectivity index (χ0n) is 62.0. The lowest BCUT2D eigenvalue weighted by Gasteiger charge is -2.18. The summed E-state index contributed by atoms with van der Waals surface area (Å²) in [5.74, 6) is 2.37. The topological polar surface area (TPSA) is 199 Å². The number of hydrogen-bond acceptors (Lipinski definition) is 12. The highest BCUT2D eigenvalue weighted by Gasteiger charge is 2.31. The van der Waals surface area contributed by atoms with Crippen molar-refractivity contribution in [3.8, 4) is 51.0 Å². The maximum atomic E-state index is 14.7. The van der Waals surface area contributed by atoms with E-state index in [-0.39, 0.29) is 54.2 Å². The van der Waals surface area contributed by atoms with Gasteiger partial charge in [-0.2, -0.15) is 0 Å². The van der Waals surface area contributed by atoms with Gasteiger partial charge in [0.2, 0.25) is 10.9 Å². The first-order chi connectivity index (χ1) is 57.2. The molecule has 23 aromatic rings. The van der Waals surface area contributed by atoms with Crippen molar-refractivity contribution in [2.75, 3.05) is 7.11 Å². The molecule has 0 aliphatic carbocycles. The Hall–Kier alpha value is -15.6. The molecule has 0 fully saturated rings. The molecule has 17 heteroatoms. The van der Waals surface area contributed by atoms with Gasteiger partial charge in [-0.1, -0.05) is 114 Å². The Balaban J connectivity index is 0.000000143. The van der Waals surface area contributed by atoms with Gasteiger partial charge in [-0.25, -0.2) is 0 Å². The van der Waals surface area contributed by atoms with Gasteiger partial charge >= 0.3 is 7.80 Å². The minimum atomic E-state index is -2.32. The first-order valence-corrected chi connectivity index (χ1v) is 39.2. The SMILES string of the molecule is COc1cc(-c2ccc3c(c2)c(=O)c2cccc4c(=O)c5ccccc5n3c42)c(C)cc1-c1ccc2c(c1)c(=O)c1cccc3c(=O)c4ccccc4n2c31.O=c1c2cc([P+](=O)c3ccc4c(c3)c(=O)c3ccc(Oc5ccccc5)c5c(=O)c6ccccc6n4c35)ccc2n2c3ccccc3c(=O)c3c(Oc4ccccc4)ccc1c32. The van der Waals surface area contributed by atoms with Crippen LogP contribution < -0.4 is 68.2 Å². The van der Waals surface area contributed by atoms with Crippen molar-refractivity contribution in [2.24, 2.45) is 0 Å². The average molecular weight is 1540 g/mol. The van der Waals surface area contributed by atoms with Gasteiger partial charge in [0, 0.05) is 82.3 Å². The number of methoxy groups -OCH3 is 1. The Kier molecular flexibility index (Phi) is 15.0. The molecule has 552 valence electrons. The van der Waals surface area contributed by atoms with Gasteiger partial charge in [-0.15, -0.1) is 0 Å². The predicted molar refractivity (Wildman–Crippen MR) is 470 cm³/mol. The molecular weight excluding hydrogens is 1480 g/mol. The van der Waals surface area contributed by atoms with Crippen molar-refractivity contribution in [1.82, 2.24) is 17.6 Å². The Bertz CT molecular complexity index is 8670. The first kappa shape index (κ1) is 68.2. The Morgan fingerprint density at radius 2 is 0.556 bits per heavy atom. The fourth-order valence-electron chi connectivity index (χ4n) is 17.9. The lowest BCUT2D eigenvalue weighted by atomic mass is 9.92. The molecule has 0 spiro atoms. The predicted octanol–water partition coefficient (Wildman–Crippen LogP) is 18.9. The summed E-state index contributed by atoms with van der Waals surface area (Å²) in [5, 5.41) is 7.84. The van der Waals surface area contributed by atoms with Gasteiger partial charge in [0.1, 0.15) is 28.7 Å². The van der Waals surface area contributed by atoms with Gasteiger partial charge in [0.15, 0.2) is 43.2 Å². The van der Waals surface area contributed by atoms with Crippen LogP contribution in [0.5, 0.6) is 28.7 Å². The maximum Gasteiger partial charge on any atom is 0.415 e. The van der Waals surface area contributed by atoms with Crippen LogP contribution in [0.15, 0.2) is 342 Å². The lowest BCUT2D eigenvalue weighted by Crippen LogP contribution is -2.17. The highest BCUT2D eigenvalue weighted by molar-refractivity contribution is 7.61. The van der Waals surface area contributed by atoms with Crippen LogP contribution in [-0.4, -0.2) is 24.7 Å². The quantitative estimate of drug-likeness (QED) is 0.0753. The zero-order valence-corrected chi connectivity index (χ0v) is 62.9. The molecular formula is C100H56N4O12P+. The van der Waals surface area contributed by atoms with Gasteiger partial charge in [-0.05, 0) is 211 Å². The van der Waals surface area contributed by atoms with Crippen molar-refractivity contribution in [3.05, 3.63) is 391 Å². The van der Waals surface area contributed by atoms with Crippen molar-refractivity contribution in [2.45, 2.75) is 6.92 Å². The summed E-state index contributed by atoms with van der Waals surface area (Å²) in [6.45, 7) is 2.02. The van der Waals surface area contributed by atoms with Crippen LogP contribution in [0.25, 0.3) is 175 Å². The third-order valence-electron chi connectivity index (χ3n) is 23.2. The number of aromatic nitrogens is 4. The van der Waals surface area contributed by atoms with E-state index in [1.807, 2.05) is 176 Å². The fraction of sp³-hybridized carbons (Fsp3) is 0.0200. The number of rotatable bonds is 9. The van der Waals surface area contributed by atoms with Crippen molar-refractivity contribution >= 4 is 171 Å². The monoisotopic (exact) mass is 1540 g/mol. The van der Waals surface area contributed by atoms with E-state index < -0.39 is 7.80 Å². The highest BCUT2D eigenvalue weighted by Crippen LogP contribution is 2.42. The molecule has 0 amide bonds. The molecule has 0 bridgehead atoms. The van der Waals surface area contributed by atoms with E-state index in [1.54, 1.807) is 153 Å². The molecule has 16 nitrogen and oxygen atoms in total. The summed E-state index contributed by atoms with van der Waals surface area (Å²) in [6, 6.07) is 91.2. The summed E-state index contributed by atoms with van der Waals surface area (Å²) < 4.78 is 41.1. The zero-order chi connectivity index (χ0) is 79.1. The van der Waals surface area contributed by atoms with Crippen LogP contribution in [0.4, 0.5) is 0 Å². The van der Waals surface area contributed by atoms with E-state index in [2.05, 4.69) is 6.07 Å². The lowest BCUT2D eigenvalue weighted by molar-refractivity contribution is 0.416. The number of pyridine rings is 8. The van der Waals surface area contributed by atoms with E-state index in [4.69, 9.17) is 14.2 Å². The number of nitrogens with zero attached hydrogens (tertiary/aromatic N) is 4. The van der Waals surface area contributed by atoms with Crippen LogP contribution >= 0.6 is 7.80 Å². The number of aryl methyl sites for hydroxylation is 1. The Morgan fingerprint density at radius 1 is 0.248 bits per heavy atom. The molecule has 0 saturated carbocycles. The van der Waals surface area contributed by atoms with Crippen LogP contribution in [0, 0.1) is 6.92 Å². The standard InChI is InChI=1S/C52H28N2O7P.C48H28N2O5/c55-49-35-21-25-43(60-29-11-3-1-4-12-29)45-47(35)53(39-17-9-7-15-33(39)51(45)57)41-23-19-31(27-37(41)49)62(59)32-20-24-42-38(28-32)50(56)36-22-26-44(61-30-13-5-2-6-14-30)46-48(36)54(42)40-18-10-8-16-34(40)52(46)58;1-25-21-35(27-18-20-41-37(23-27)48(54)33-14-8-12-31-44(33)50(41)39-16-6-4-10-29(39)46(31)52)42(55-2)24-34(25)26-17-19-40-36(22-26)47(53)32-13-7-11-30-43(32)49(40)38-15-5-3-9-28(38)45(30)51/h1-28H;3-24H,1-2H3/q+1;. The molecule has 0 atom stereocenters. The van der Waals surface area contributed by atoms with Crippen LogP contribution in [-0.2, 0) is 4.57 Å². The molecule has 0 radical (unpaired) electrons. The number of ether oxygens (including phenoxy) is 3. The summed E-state index contributed by atoms with van der Waals surface area (Å²) in [6.07, 6.45) is 0. The molecule has 8 heterocycles. The second-order valence-electron chi connectivity index (χ2n) is 29.5. The summed E-state index contributed by atoms with van der Waals surface area (Å²) in [5.41, 5.74) is 10.1. The number of hydrogen-bond donors (Lipinski definition) is 0. The molecule has 0 N–H and O–H groups in total. The molecule has 0 aliphatic heterocycles. The largest absolute Gasteiger partial charge is 0.496 e. The van der Waals surface area contributed by atoms with E-state index >= 15 is 0 Å². The highest BCUT2D eigenvalue weighted by atomic mass is 31.1. The molecule has 8 aromatic heterocycles. The Morgan fingerprint density at radius 3 is 0.949 bits per heavy atom. The molecule has 0 saturated heterocycles. The van der Waals surface area contributed by atoms with Crippen LogP contribution in [0.1, 0.15) is 5.56 Å². The minimum absolute atomic E-state index is 0.0880. The molecule has 117 heavy (non-hydrogen) atoms. The average Bonchev–Trinajstić information content (AvgIpc) is 0.703. The third kappa shape index (κ3) is 9.95. The molecule has 0 aliphatic rings. The van der Waals surface area contributed by atoms with Crippen molar-refractivity contribution in [3.63, 3.8) is 0 Å². The van der Waals surface area contributed by atoms with Crippen molar-refractivity contribution < 1.29 is 18.8 Å². The normalized spacial score (nSPS) is 12.0. The number of fused-ring (bicyclic) bond motifs is 16. The van der Waals surface area contributed by atoms with Crippen LogP contribution in [0.2, 0.25) is 0 Å². The summed E-state index contributed by atoms with van der Waals surface area (Å²) in [4.78, 5) is 113. The van der Waals surface area contributed by atoms with Crippen molar-refractivity contribution in [1.29, 1.82) is 0 Å². The second kappa shape index (κ2) is 25.7. The minimum Gasteiger partial charge on any atom is -0.496 e. The van der Waals surface area contributed by atoms with Crippen LogP contribution in [0.3, 0.4) is 0 Å². The molecule has 15 aromatic carbocycles. The van der Waals surface area contributed by atoms with E-state index in [9.17, 15) is 42.9 Å². The van der Waals surface area contributed by atoms with Gasteiger partial charge in [0.25, 0.3) is 0 Å². The molecule has 0 unspecified atom stereocenters. The first-order valence-electron chi connectivity index (χ1n) is 37.9. The molecule has 23 rings (SSSR count). The Labute approximate surface area is 658 Å². The van der Waals surface area contributed by atoms with Gasteiger partial charge < -0.3 is 31.8 Å². The van der Waals surface area contributed by atoms with Gasteiger partial charge in [0.05, 0.1) is 94.9 Å². The summed E-state index contributed by atoms with van der Waals surface area (Å²) >= 11 is 0. The third-order valence-corrected chi connectivity index (χ3v) is 24.7. The van der Waals surface area contributed by atoms with E-state index in [1.165, 1.54) is 0 Å². The maximum absolute atomic E-state index is 14.7. The second-order valence-corrected chi connectivity index (χ2v) is 31.1. The summed E-state index contributed by atoms with van der Waals surface area (Å²) in [7, 11) is -0.696.